The van der Waals surface area contributed by atoms with Crippen molar-refractivity contribution in [3.8, 4) is 33.4 Å². The number of hydrogen-bond donors (Lipinski definition) is 0. The second-order valence-electron chi connectivity index (χ2n) is 12.8. The molecule has 0 aliphatic heterocycles. The van der Waals surface area contributed by atoms with Crippen LogP contribution in [0, 0.1) is 0 Å². The predicted octanol–water partition coefficient (Wildman–Crippen LogP) is 13.6. The van der Waals surface area contributed by atoms with Crippen LogP contribution < -0.4 is 0 Å². The fraction of sp³-hybridized carbons (Fsp3) is 0. The van der Waals surface area contributed by atoms with Crippen molar-refractivity contribution < 1.29 is 0 Å². The summed E-state index contributed by atoms with van der Waals surface area (Å²) in [5, 5.41) is 15.3. The maximum Gasteiger partial charge on any atom is -0.00199 e. The maximum atomic E-state index is 2.46. The molecular weight excluding hydrogens is 577 g/mol. The summed E-state index contributed by atoms with van der Waals surface area (Å²) in [5.74, 6) is 0. The lowest BCUT2D eigenvalue weighted by Gasteiger charge is -2.20. The summed E-state index contributed by atoms with van der Waals surface area (Å²) < 4.78 is 0. The van der Waals surface area contributed by atoms with Crippen molar-refractivity contribution in [3.05, 3.63) is 182 Å². The third-order valence-electron chi connectivity index (χ3n) is 10.2. The molecule has 0 bridgehead atoms. The average molecular weight is 607 g/mol. The van der Waals surface area contributed by atoms with Crippen LogP contribution in [-0.2, 0) is 0 Å². The summed E-state index contributed by atoms with van der Waals surface area (Å²) in [6, 6.07) is 67.1. The minimum Gasteiger partial charge on any atom is -0.0622 e. The van der Waals surface area contributed by atoms with Gasteiger partial charge in [-0.05, 0) is 116 Å². The Kier molecular flexibility index (Phi) is 5.98. The van der Waals surface area contributed by atoms with E-state index in [0.29, 0.717) is 0 Å². The second-order valence-corrected chi connectivity index (χ2v) is 12.8. The molecule has 0 spiro atoms. The Balaban J connectivity index is 1.36. The molecule has 0 fully saturated rings. The van der Waals surface area contributed by atoms with E-state index in [1.165, 1.54) is 98.0 Å². The molecule has 0 heteroatoms. The van der Waals surface area contributed by atoms with E-state index in [1.807, 2.05) is 0 Å². The molecule has 0 aliphatic carbocycles. The third-order valence-corrected chi connectivity index (χ3v) is 10.2. The van der Waals surface area contributed by atoms with E-state index in [1.54, 1.807) is 0 Å². The summed E-state index contributed by atoms with van der Waals surface area (Å²) in [5.41, 5.74) is 7.60. The van der Waals surface area contributed by atoms with Gasteiger partial charge in [0.15, 0.2) is 0 Å². The van der Waals surface area contributed by atoms with E-state index >= 15 is 0 Å². The molecule has 0 atom stereocenters. The Bertz CT molecular complexity index is 2820. The molecule has 0 amide bonds. The molecule has 10 rings (SSSR count). The van der Waals surface area contributed by atoms with Crippen LogP contribution in [0.1, 0.15) is 0 Å². The molecule has 0 saturated heterocycles. The van der Waals surface area contributed by atoms with Crippen molar-refractivity contribution in [1.82, 2.24) is 0 Å². The van der Waals surface area contributed by atoms with Gasteiger partial charge in [-0.2, -0.15) is 0 Å². The highest BCUT2D eigenvalue weighted by Gasteiger charge is 2.20. The van der Waals surface area contributed by atoms with Crippen LogP contribution in [0.4, 0.5) is 0 Å². The van der Waals surface area contributed by atoms with Crippen molar-refractivity contribution in [2.24, 2.45) is 0 Å². The SMILES string of the molecule is c1ccc(-c2cc3cc(-c4c5ccccc5c(-c5ccc6ccccc6c5)c5ccccc45)c4ccccc4c3c3ccccc23)cc1. The molecule has 0 N–H and O–H groups in total. The Morgan fingerprint density at radius 3 is 1.31 bits per heavy atom. The monoisotopic (exact) mass is 606 g/mol. The zero-order chi connectivity index (χ0) is 31.6. The molecular formula is C48H30. The molecule has 0 heterocycles. The number of hydrogen-bond acceptors (Lipinski definition) is 0. The van der Waals surface area contributed by atoms with Gasteiger partial charge in [0.2, 0.25) is 0 Å². The molecule has 222 valence electrons. The van der Waals surface area contributed by atoms with Crippen molar-refractivity contribution in [2.75, 3.05) is 0 Å². The quantitative estimate of drug-likeness (QED) is 0.139. The normalized spacial score (nSPS) is 11.8. The molecule has 10 aromatic carbocycles. The largest absolute Gasteiger partial charge is 0.0622 e. The van der Waals surface area contributed by atoms with Gasteiger partial charge in [0.1, 0.15) is 0 Å². The first kappa shape index (κ1) is 26.9. The van der Waals surface area contributed by atoms with Crippen LogP contribution in [-0.4, -0.2) is 0 Å². The van der Waals surface area contributed by atoms with Crippen LogP contribution >= 0.6 is 0 Å². The van der Waals surface area contributed by atoms with Gasteiger partial charge in [-0.3, -0.25) is 0 Å². The highest BCUT2D eigenvalue weighted by Crippen LogP contribution is 2.48. The Labute approximate surface area is 279 Å². The molecule has 0 saturated carbocycles. The first-order chi connectivity index (χ1) is 23.8. The zero-order valence-corrected chi connectivity index (χ0v) is 26.3. The van der Waals surface area contributed by atoms with Gasteiger partial charge in [-0.15, -0.1) is 0 Å². The van der Waals surface area contributed by atoms with E-state index in [9.17, 15) is 0 Å². The average Bonchev–Trinajstić information content (AvgIpc) is 3.16. The van der Waals surface area contributed by atoms with Gasteiger partial charge in [0, 0.05) is 0 Å². The van der Waals surface area contributed by atoms with Gasteiger partial charge in [-0.1, -0.05) is 164 Å². The number of benzene rings is 10. The van der Waals surface area contributed by atoms with Gasteiger partial charge < -0.3 is 0 Å². The lowest BCUT2D eigenvalue weighted by atomic mass is 9.82. The van der Waals surface area contributed by atoms with Gasteiger partial charge >= 0.3 is 0 Å². The highest BCUT2D eigenvalue weighted by molar-refractivity contribution is 6.29. The smallest absolute Gasteiger partial charge is 0.00199 e. The Morgan fingerprint density at radius 2 is 0.688 bits per heavy atom. The summed E-state index contributed by atoms with van der Waals surface area (Å²) in [6.45, 7) is 0. The Morgan fingerprint density at radius 1 is 0.229 bits per heavy atom. The van der Waals surface area contributed by atoms with Crippen LogP contribution in [0.2, 0.25) is 0 Å². The number of rotatable bonds is 3. The van der Waals surface area contributed by atoms with E-state index in [0.717, 1.165) is 0 Å². The topological polar surface area (TPSA) is 0 Å². The minimum atomic E-state index is 1.24. The van der Waals surface area contributed by atoms with Crippen LogP contribution in [0.3, 0.4) is 0 Å². The Hall–Kier alpha value is -6.24. The van der Waals surface area contributed by atoms with E-state index in [2.05, 4.69) is 182 Å². The lowest BCUT2D eigenvalue weighted by Crippen LogP contribution is -1.93. The third kappa shape index (κ3) is 4.03. The van der Waals surface area contributed by atoms with E-state index in [-0.39, 0.29) is 0 Å². The summed E-state index contributed by atoms with van der Waals surface area (Å²) in [6.07, 6.45) is 0. The maximum absolute atomic E-state index is 2.46. The van der Waals surface area contributed by atoms with Crippen molar-refractivity contribution in [1.29, 1.82) is 0 Å². The lowest BCUT2D eigenvalue weighted by molar-refractivity contribution is 1.66. The first-order valence-electron chi connectivity index (χ1n) is 16.7. The highest BCUT2D eigenvalue weighted by atomic mass is 14.2. The molecule has 0 unspecified atom stereocenters. The standard InChI is InChI=1S/C48H30/c1-2-15-32(16-3-1)44-29-35-30-45(37-19-7-9-21-39(37)47(35)38-20-8-6-18-36(38)44)48-42-24-12-10-22-40(42)46(41-23-11-13-25-43(41)48)34-27-26-31-14-4-5-17-33(31)28-34/h1-30H. The zero-order valence-electron chi connectivity index (χ0n) is 26.3. The number of fused-ring (bicyclic) bond motifs is 8. The van der Waals surface area contributed by atoms with E-state index < -0.39 is 0 Å². The molecule has 0 radical (unpaired) electrons. The van der Waals surface area contributed by atoms with E-state index in [4.69, 9.17) is 0 Å². The van der Waals surface area contributed by atoms with Crippen molar-refractivity contribution >= 4 is 64.6 Å². The van der Waals surface area contributed by atoms with Crippen LogP contribution in [0.15, 0.2) is 182 Å². The van der Waals surface area contributed by atoms with Gasteiger partial charge in [0.25, 0.3) is 0 Å². The fourth-order valence-corrected chi connectivity index (χ4v) is 8.12. The molecule has 0 aliphatic rings. The fourth-order valence-electron chi connectivity index (χ4n) is 8.12. The van der Waals surface area contributed by atoms with Gasteiger partial charge in [-0.25, -0.2) is 0 Å². The molecule has 0 nitrogen and oxygen atoms in total. The van der Waals surface area contributed by atoms with Crippen molar-refractivity contribution in [3.63, 3.8) is 0 Å². The summed E-state index contributed by atoms with van der Waals surface area (Å²) in [4.78, 5) is 0. The molecule has 0 aromatic heterocycles. The molecule has 48 heavy (non-hydrogen) atoms. The van der Waals surface area contributed by atoms with Crippen LogP contribution in [0.5, 0.6) is 0 Å². The van der Waals surface area contributed by atoms with Crippen molar-refractivity contribution in [2.45, 2.75) is 0 Å². The van der Waals surface area contributed by atoms with Crippen LogP contribution in [0.25, 0.3) is 98.0 Å². The predicted molar refractivity (Wildman–Crippen MR) is 208 cm³/mol. The summed E-state index contributed by atoms with van der Waals surface area (Å²) >= 11 is 0. The summed E-state index contributed by atoms with van der Waals surface area (Å²) in [7, 11) is 0. The first-order valence-corrected chi connectivity index (χ1v) is 16.7. The minimum absolute atomic E-state index is 1.24. The molecule has 10 aromatic rings. The second kappa shape index (κ2) is 10.7. The van der Waals surface area contributed by atoms with Gasteiger partial charge in [0.05, 0.1) is 0 Å².